The normalized spacial score (nSPS) is 24.5. The number of hydrogen-bond acceptors (Lipinski definition) is 3. The molecule has 0 radical (unpaired) electrons. The van der Waals surface area contributed by atoms with Crippen molar-refractivity contribution in [3.8, 4) is 0 Å². The zero-order valence-corrected chi connectivity index (χ0v) is 10.5. The molecule has 1 aliphatic rings. The summed E-state index contributed by atoms with van der Waals surface area (Å²) in [6.07, 6.45) is 3.05. The fourth-order valence-electron chi connectivity index (χ4n) is 1.92. The van der Waals surface area contributed by atoms with Gasteiger partial charge in [0.25, 0.3) is 0 Å². The largest absolute Gasteiger partial charge is 0.372 e. The van der Waals surface area contributed by atoms with Gasteiger partial charge in [0.2, 0.25) is 0 Å². The third-order valence-corrected chi connectivity index (χ3v) is 3.53. The van der Waals surface area contributed by atoms with E-state index in [9.17, 15) is 0 Å². The molecular formula is C11H18ClN3O. The number of ether oxygens (including phenoxy) is 1. The Bertz CT molecular complexity index is 372. The number of halogens is 1. The van der Waals surface area contributed by atoms with E-state index in [-0.39, 0.29) is 0 Å². The first-order valence-electron chi connectivity index (χ1n) is 5.69. The molecule has 0 spiro atoms. The molecule has 5 heteroatoms. The van der Waals surface area contributed by atoms with Crippen LogP contribution < -0.4 is 5.73 Å². The summed E-state index contributed by atoms with van der Waals surface area (Å²) in [4.78, 5) is 0. The molecule has 1 saturated carbocycles. The predicted octanol–water partition coefficient (Wildman–Crippen LogP) is 1.64. The third-order valence-electron chi connectivity index (χ3n) is 3.09. The minimum atomic E-state index is 0.297. The Balaban J connectivity index is 1.96. The number of nitrogens with two attached hydrogens (primary N) is 1. The first kappa shape index (κ1) is 11.9. The van der Waals surface area contributed by atoms with Crippen LogP contribution in [0, 0.1) is 0 Å². The first-order valence-corrected chi connectivity index (χ1v) is 6.07. The summed E-state index contributed by atoms with van der Waals surface area (Å²) in [5, 5.41) is 5.09. The van der Waals surface area contributed by atoms with Crippen molar-refractivity contribution < 1.29 is 4.74 Å². The van der Waals surface area contributed by atoms with Gasteiger partial charge < -0.3 is 10.5 Å². The minimum Gasteiger partial charge on any atom is -0.372 e. The van der Waals surface area contributed by atoms with E-state index in [2.05, 4.69) is 5.10 Å². The summed E-state index contributed by atoms with van der Waals surface area (Å²) in [5.74, 6) is 0. The van der Waals surface area contributed by atoms with Crippen molar-refractivity contribution in [3.63, 3.8) is 0 Å². The van der Waals surface area contributed by atoms with Crippen molar-refractivity contribution in [2.45, 2.75) is 44.9 Å². The van der Waals surface area contributed by atoms with E-state index in [1.165, 1.54) is 0 Å². The average molecular weight is 244 g/mol. The lowest BCUT2D eigenvalue weighted by Gasteiger charge is -2.32. The van der Waals surface area contributed by atoms with Gasteiger partial charge in [-0.15, -0.1) is 0 Å². The van der Waals surface area contributed by atoms with Gasteiger partial charge in [-0.3, -0.25) is 4.68 Å². The van der Waals surface area contributed by atoms with E-state index in [0.29, 0.717) is 18.8 Å². The first-order chi connectivity index (χ1) is 7.61. The van der Waals surface area contributed by atoms with Crippen LogP contribution in [0.25, 0.3) is 0 Å². The van der Waals surface area contributed by atoms with Crippen LogP contribution in [0.3, 0.4) is 0 Å². The van der Waals surface area contributed by atoms with Crippen molar-refractivity contribution in [1.29, 1.82) is 0 Å². The number of aromatic nitrogens is 2. The Morgan fingerprint density at radius 3 is 2.75 bits per heavy atom. The van der Waals surface area contributed by atoms with Crippen LogP contribution in [-0.2, 0) is 24.8 Å². The van der Waals surface area contributed by atoms with Gasteiger partial charge in [0.15, 0.2) is 0 Å². The molecule has 4 nitrogen and oxygen atoms in total. The van der Waals surface area contributed by atoms with Crippen LogP contribution in [0.15, 0.2) is 0 Å². The van der Waals surface area contributed by atoms with Crippen molar-refractivity contribution >= 4 is 11.6 Å². The molecule has 0 aliphatic heterocycles. The summed E-state index contributed by atoms with van der Waals surface area (Å²) in [5.41, 5.74) is 7.60. The van der Waals surface area contributed by atoms with Crippen molar-refractivity contribution in [2.24, 2.45) is 12.8 Å². The van der Waals surface area contributed by atoms with Gasteiger partial charge in [-0.2, -0.15) is 5.10 Å². The molecule has 0 bridgehead atoms. The molecule has 1 heterocycles. The Morgan fingerprint density at radius 1 is 1.56 bits per heavy atom. The van der Waals surface area contributed by atoms with Gasteiger partial charge in [0, 0.05) is 13.1 Å². The summed E-state index contributed by atoms with van der Waals surface area (Å²) in [6.45, 7) is 2.57. The van der Waals surface area contributed by atoms with Crippen LogP contribution in [-0.4, -0.2) is 21.9 Å². The number of hydrogen-bond donors (Lipinski definition) is 1. The van der Waals surface area contributed by atoms with Crippen LogP contribution in [0.2, 0.25) is 5.02 Å². The summed E-state index contributed by atoms with van der Waals surface area (Å²) in [7, 11) is 1.90. The van der Waals surface area contributed by atoms with E-state index in [1.807, 2.05) is 14.0 Å². The highest BCUT2D eigenvalue weighted by molar-refractivity contribution is 6.31. The molecule has 1 aromatic rings. The molecular weight excluding hydrogens is 226 g/mol. The summed E-state index contributed by atoms with van der Waals surface area (Å²) < 4.78 is 7.53. The highest BCUT2D eigenvalue weighted by atomic mass is 35.5. The minimum absolute atomic E-state index is 0.297. The Morgan fingerprint density at radius 2 is 2.25 bits per heavy atom. The standard InChI is InChI=1S/C11H18ClN3O/c1-3-9-11(12)10(15(2)14-9)6-16-8-4-7(13)5-8/h7-8H,3-6,13H2,1-2H3. The molecule has 90 valence electrons. The zero-order valence-electron chi connectivity index (χ0n) is 9.74. The summed E-state index contributed by atoms with van der Waals surface area (Å²) in [6, 6.07) is 0.318. The Kier molecular flexibility index (Phi) is 3.52. The van der Waals surface area contributed by atoms with Gasteiger partial charge in [-0.1, -0.05) is 18.5 Å². The van der Waals surface area contributed by atoms with Crippen molar-refractivity contribution in [3.05, 3.63) is 16.4 Å². The van der Waals surface area contributed by atoms with Crippen molar-refractivity contribution in [2.75, 3.05) is 0 Å². The zero-order chi connectivity index (χ0) is 11.7. The van der Waals surface area contributed by atoms with Gasteiger partial charge in [0.1, 0.15) is 0 Å². The van der Waals surface area contributed by atoms with Crippen LogP contribution in [0.1, 0.15) is 31.2 Å². The molecule has 1 fully saturated rings. The highest BCUT2D eigenvalue weighted by Gasteiger charge is 2.27. The maximum absolute atomic E-state index is 6.22. The van der Waals surface area contributed by atoms with Gasteiger partial charge >= 0.3 is 0 Å². The molecule has 1 aromatic heterocycles. The molecule has 0 atom stereocenters. The predicted molar refractivity (Wildman–Crippen MR) is 63.4 cm³/mol. The Hall–Kier alpha value is -0.580. The van der Waals surface area contributed by atoms with Gasteiger partial charge in [-0.25, -0.2) is 0 Å². The van der Waals surface area contributed by atoms with E-state index in [4.69, 9.17) is 22.1 Å². The number of nitrogens with zero attached hydrogens (tertiary/aromatic N) is 2. The van der Waals surface area contributed by atoms with E-state index >= 15 is 0 Å². The lowest BCUT2D eigenvalue weighted by Crippen LogP contribution is -2.41. The van der Waals surface area contributed by atoms with E-state index < -0.39 is 0 Å². The second-order valence-electron chi connectivity index (χ2n) is 4.35. The molecule has 0 aromatic carbocycles. The molecule has 0 amide bonds. The Labute approximate surface area is 101 Å². The average Bonchev–Trinajstić information content (AvgIpc) is 2.48. The lowest BCUT2D eigenvalue weighted by molar-refractivity contribution is -0.0212. The van der Waals surface area contributed by atoms with Crippen LogP contribution in [0.4, 0.5) is 0 Å². The third kappa shape index (κ3) is 2.24. The second-order valence-corrected chi connectivity index (χ2v) is 4.73. The van der Waals surface area contributed by atoms with Gasteiger partial charge in [-0.05, 0) is 19.3 Å². The van der Waals surface area contributed by atoms with E-state index in [0.717, 1.165) is 35.7 Å². The maximum atomic E-state index is 6.22. The SMILES string of the molecule is CCc1nn(C)c(COC2CC(N)C2)c1Cl. The lowest BCUT2D eigenvalue weighted by atomic mass is 9.90. The fourth-order valence-corrected chi connectivity index (χ4v) is 2.26. The fraction of sp³-hybridized carbons (Fsp3) is 0.727. The van der Waals surface area contributed by atoms with Crippen molar-refractivity contribution in [1.82, 2.24) is 9.78 Å². The van der Waals surface area contributed by atoms with Gasteiger partial charge in [0.05, 0.1) is 29.1 Å². The molecule has 2 N–H and O–H groups in total. The highest BCUT2D eigenvalue weighted by Crippen LogP contribution is 2.26. The molecule has 1 aliphatic carbocycles. The molecule has 16 heavy (non-hydrogen) atoms. The van der Waals surface area contributed by atoms with Crippen LogP contribution >= 0.6 is 11.6 Å². The number of aryl methyl sites for hydroxylation is 2. The quantitative estimate of drug-likeness (QED) is 0.875. The maximum Gasteiger partial charge on any atom is 0.0903 e. The molecule has 2 rings (SSSR count). The second kappa shape index (κ2) is 4.73. The smallest absolute Gasteiger partial charge is 0.0903 e. The topological polar surface area (TPSA) is 53.1 Å². The molecule has 0 saturated heterocycles. The number of rotatable bonds is 4. The van der Waals surface area contributed by atoms with Crippen LogP contribution in [0.5, 0.6) is 0 Å². The van der Waals surface area contributed by atoms with E-state index in [1.54, 1.807) is 4.68 Å². The molecule has 0 unspecified atom stereocenters. The monoisotopic (exact) mass is 243 g/mol. The summed E-state index contributed by atoms with van der Waals surface area (Å²) >= 11 is 6.22.